The number of nitrogens with zero attached hydrogens (tertiary/aromatic N) is 1. The van der Waals surface area contributed by atoms with Crippen LogP contribution in [0.25, 0.3) is 11.1 Å². The third kappa shape index (κ3) is 6.75. The summed E-state index contributed by atoms with van der Waals surface area (Å²) in [5.74, 6) is 1.36. The molecule has 1 aliphatic rings. The first-order chi connectivity index (χ1) is 18.5. The highest BCUT2D eigenvalue weighted by molar-refractivity contribution is 7.90. The largest absolute Gasteiger partial charge is 0.508 e. The van der Waals surface area contributed by atoms with Crippen molar-refractivity contribution in [3.8, 4) is 17.2 Å². The van der Waals surface area contributed by atoms with Crippen molar-refractivity contribution in [3.05, 3.63) is 82.4 Å². The number of rotatable bonds is 10. The summed E-state index contributed by atoms with van der Waals surface area (Å²) in [6.07, 6.45) is 0.568. The van der Waals surface area contributed by atoms with E-state index in [1.165, 1.54) is 6.07 Å². The zero-order valence-corrected chi connectivity index (χ0v) is 24.0. The van der Waals surface area contributed by atoms with E-state index >= 15 is 0 Å². The predicted molar refractivity (Wildman–Crippen MR) is 153 cm³/mol. The summed E-state index contributed by atoms with van der Waals surface area (Å²) in [6, 6.07) is 17.0. The smallest absolute Gasteiger partial charge is 0.175 e. The predicted octanol–water partition coefficient (Wildman–Crippen LogP) is 6.43. The summed E-state index contributed by atoms with van der Waals surface area (Å²) >= 11 is 6.63. The van der Waals surface area contributed by atoms with Crippen LogP contribution in [0.1, 0.15) is 36.6 Å². The molecular formula is C30H33ClFNO5S. The van der Waals surface area contributed by atoms with Crippen molar-refractivity contribution in [2.45, 2.75) is 24.8 Å². The van der Waals surface area contributed by atoms with E-state index in [9.17, 15) is 17.9 Å². The molecular weight excluding hydrogens is 541 g/mol. The lowest BCUT2D eigenvalue weighted by molar-refractivity contribution is 0.206. The third-order valence-electron chi connectivity index (χ3n) is 6.75. The van der Waals surface area contributed by atoms with Gasteiger partial charge in [-0.25, -0.2) is 8.42 Å². The van der Waals surface area contributed by atoms with Gasteiger partial charge in [-0.2, -0.15) is 0 Å². The Kier molecular flexibility index (Phi) is 8.89. The molecule has 0 amide bonds. The Hall–Kier alpha value is -3.07. The molecule has 0 radical (unpaired) electrons. The molecule has 0 spiro atoms. The number of phenols is 1. The van der Waals surface area contributed by atoms with Crippen molar-refractivity contribution < 1.29 is 27.4 Å². The Morgan fingerprint density at radius 3 is 2.49 bits per heavy atom. The molecule has 1 N–H and O–H groups in total. The molecule has 208 valence electrons. The number of phenolic OH excluding ortho intramolecular Hbond substituents is 1. The standard InChI is InChI=1S/C30H33ClFNO5S/c1-19(17-32)18-33(3)13-14-37-23-8-5-21(6-9-23)30-29(20(2)25-15-22(34)7-12-28(25)38-30)26-16-24(39(4,35)36)10-11-27(26)31/h5-12,15-16,19,30,34H,13-14,17-18H2,1-4H3. The van der Waals surface area contributed by atoms with Crippen molar-refractivity contribution in [3.63, 3.8) is 0 Å². The first-order valence-electron chi connectivity index (χ1n) is 12.7. The second-order valence-electron chi connectivity index (χ2n) is 10.1. The third-order valence-corrected chi connectivity index (χ3v) is 8.19. The highest BCUT2D eigenvalue weighted by atomic mass is 35.5. The first kappa shape index (κ1) is 28.9. The SMILES string of the molecule is CC1=C(c2cc(S(C)(=O)=O)ccc2Cl)C(c2ccc(OCCN(C)CC(C)CF)cc2)Oc2ccc(O)cc21. The minimum Gasteiger partial charge on any atom is -0.508 e. The number of allylic oxidation sites excluding steroid dienone is 1. The van der Waals surface area contributed by atoms with Gasteiger partial charge in [-0.1, -0.05) is 30.7 Å². The zero-order valence-electron chi connectivity index (χ0n) is 22.4. The van der Waals surface area contributed by atoms with E-state index in [1.807, 2.05) is 50.1 Å². The summed E-state index contributed by atoms with van der Waals surface area (Å²) < 4.78 is 49.8. The molecule has 0 saturated carbocycles. The maximum atomic E-state index is 12.8. The van der Waals surface area contributed by atoms with Crippen LogP contribution in [0.5, 0.6) is 17.2 Å². The average Bonchev–Trinajstić information content (AvgIpc) is 2.89. The van der Waals surface area contributed by atoms with Crippen LogP contribution < -0.4 is 9.47 Å². The Labute approximate surface area is 234 Å². The van der Waals surface area contributed by atoms with Crippen LogP contribution in [-0.4, -0.2) is 58.1 Å². The Morgan fingerprint density at radius 1 is 1.10 bits per heavy atom. The molecule has 0 fully saturated rings. The van der Waals surface area contributed by atoms with Gasteiger partial charge in [0.25, 0.3) is 0 Å². The van der Waals surface area contributed by atoms with Crippen LogP contribution in [0.2, 0.25) is 5.02 Å². The molecule has 3 aromatic carbocycles. The minimum absolute atomic E-state index is 0.0174. The lowest BCUT2D eigenvalue weighted by atomic mass is 9.86. The second-order valence-corrected chi connectivity index (χ2v) is 12.5. The fourth-order valence-corrected chi connectivity index (χ4v) is 5.56. The van der Waals surface area contributed by atoms with Gasteiger partial charge in [0.1, 0.15) is 30.0 Å². The van der Waals surface area contributed by atoms with Crippen molar-refractivity contribution >= 4 is 32.6 Å². The molecule has 1 aliphatic heterocycles. The van der Waals surface area contributed by atoms with Gasteiger partial charge in [0.15, 0.2) is 9.84 Å². The van der Waals surface area contributed by atoms with E-state index in [-0.39, 0.29) is 23.2 Å². The van der Waals surface area contributed by atoms with Crippen LogP contribution in [0.3, 0.4) is 0 Å². The lowest BCUT2D eigenvalue weighted by Gasteiger charge is -2.31. The molecule has 0 aromatic heterocycles. The van der Waals surface area contributed by atoms with E-state index in [1.54, 1.807) is 30.3 Å². The number of hydrogen-bond donors (Lipinski definition) is 1. The Morgan fingerprint density at radius 2 is 1.82 bits per heavy atom. The fraction of sp³-hybridized carbons (Fsp3) is 0.333. The monoisotopic (exact) mass is 573 g/mol. The fourth-order valence-electron chi connectivity index (χ4n) is 4.69. The quantitative estimate of drug-likeness (QED) is 0.301. The van der Waals surface area contributed by atoms with Crippen molar-refractivity contribution in [2.75, 3.05) is 39.7 Å². The van der Waals surface area contributed by atoms with E-state index in [2.05, 4.69) is 0 Å². The van der Waals surface area contributed by atoms with E-state index in [4.69, 9.17) is 21.1 Å². The molecule has 9 heteroatoms. The molecule has 0 aliphatic carbocycles. The van der Waals surface area contributed by atoms with Crippen LogP contribution in [-0.2, 0) is 9.84 Å². The van der Waals surface area contributed by atoms with Gasteiger partial charge in [0.2, 0.25) is 0 Å². The van der Waals surface area contributed by atoms with E-state index in [0.717, 1.165) is 17.4 Å². The molecule has 39 heavy (non-hydrogen) atoms. The molecule has 4 rings (SSSR count). The molecule has 6 nitrogen and oxygen atoms in total. The van der Waals surface area contributed by atoms with Crippen LogP contribution >= 0.6 is 11.6 Å². The van der Waals surface area contributed by atoms with Gasteiger partial charge in [0, 0.05) is 41.1 Å². The van der Waals surface area contributed by atoms with Gasteiger partial charge < -0.3 is 19.5 Å². The number of alkyl halides is 1. The molecule has 3 aromatic rings. The van der Waals surface area contributed by atoms with E-state index in [0.29, 0.717) is 52.9 Å². The highest BCUT2D eigenvalue weighted by Gasteiger charge is 2.31. The maximum absolute atomic E-state index is 12.8. The van der Waals surface area contributed by atoms with Crippen molar-refractivity contribution in [1.29, 1.82) is 0 Å². The van der Waals surface area contributed by atoms with Crippen molar-refractivity contribution in [1.82, 2.24) is 4.90 Å². The minimum atomic E-state index is -3.48. The molecule has 0 saturated heterocycles. The van der Waals surface area contributed by atoms with Gasteiger partial charge in [-0.15, -0.1) is 0 Å². The Balaban J connectivity index is 1.66. The number of sulfone groups is 1. The van der Waals surface area contributed by atoms with Gasteiger partial charge >= 0.3 is 0 Å². The maximum Gasteiger partial charge on any atom is 0.175 e. The summed E-state index contributed by atoms with van der Waals surface area (Å²) in [5.41, 5.74) is 3.59. The summed E-state index contributed by atoms with van der Waals surface area (Å²) in [4.78, 5) is 2.19. The highest BCUT2D eigenvalue weighted by Crippen LogP contribution is 2.49. The van der Waals surface area contributed by atoms with Crippen LogP contribution in [0, 0.1) is 5.92 Å². The number of aromatic hydroxyl groups is 1. The average molecular weight is 574 g/mol. The number of fused-ring (bicyclic) bond motifs is 1. The number of halogens is 2. The molecule has 1 heterocycles. The van der Waals surface area contributed by atoms with Crippen molar-refractivity contribution in [2.24, 2.45) is 5.92 Å². The lowest BCUT2D eigenvalue weighted by Crippen LogP contribution is -2.29. The summed E-state index contributed by atoms with van der Waals surface area (Å²) in [5, 5.41) is 10.5. The molecule has 0 bridgehead atoms. The molecule has 2 unspecified atom stereocenters. The zero-order chi connectivity index (χ0) is 28.3. The normalized spacial score (nSPS) is 16.1. The summed E-state index contributed by atoms with van der Waals surface area (Å²) in [6.45, 7) is 5.23. The molecule has 2 atom stereocenters. The Bertz CT molecular complexity index is 1470. The topological polar surface area (TPSA) is 76.1 Å². The first-order valence-corrected chi connectivity index (χ1v) is 14.9. The van der Waals surface area contributed by atoms with Gasteiger partial charge in [-0.05, 0) is 79.6 Å². The van der Waals surface area contributed by atoms with Gasteiger partial charge in [-0.3, -0.25) is 4.39 Å². The van der Waals surface area contributed by atoms with Crippen LogP contribution in [0.4, 0.5) is 4.39 Å². The number of benzene rings is 3. The van der Waals surface area contributed by atoms with Crippen LogP contribution in [0.15, 0.2) is 65.6 Å². The summed E-state index contributed by atoms with van der Waals surface area (Å²) in [7, 11) is -1.54. The number of hydrogen-bond acceptors (Lipinski definition) is 6. The second kappa shape index (κ2) is 12.0. The van der Waals surface area contributed by atoms with E-state index < -0.39 is 15.9 Å². The number of ether oxygens (including phenoxy) is 2. The number of likely N-dealkylation sites (N-methyl/N-ethyl adjacent to an activating group) is 1. The van der Waals surface area contributed by atoms with Gasteiger partial charge in [0.05, 0.1) is 11.6 Å².